The number of anilines is 2. The van der Waals surface area contributed by atoms with Gasteiger partial charge in [-0.3, -0.25) is 10.3 Å². The third-order valence-electron chi connectivity index (χ3n) is 5.14. The first-order valence-electron chi connectivity index (χ1n) is 10.3. The van der Waals surface area contributed by atoms with Crippen molar-refractivity contribution < 1.29 is 4.79 Å². The minimum absolute atomic E-state index is 0.249. The van der Waals surface area contributed by atoms with E-state index in [0.29, 0.717) is 34.8 Å². The molecule has 0 aromatic carbocycles. The predicted octanol–water partition coefficient (Wildman–Crippen LogP) is 3.98. The molecule has 10 heteroatoms. The van der Waals surface area contributed by atoms with Crippen molar-refractivity contribution >= 4 is 34.9 Å². The first-order chi connectivity index (χ1) is 15.6. The minimum Gasteiger partial charge on any atom is -0.364 e. The number of aromatic nitrogens is 5. The molecule has 0 atom stereocenters. The Morgan fingerprint density at radius 2 is 1.91 bits per heavy atom. The molecule has 5 rings (SSSR count). The number of imidazole rings is 1. The van der Waals surface area contributed by atoms with E-state index in [0.717, 1.165) is 11.3 Å². The van der Waals surface area contributed by atoms with Gasteiger partial charge in [-0.25, -0.2) is 19.7 Å². The molecule has 0 spiro atoms. The number of carbonyl (C=O) groups is 1. The number of halogens is 1. The molecule has 9 nitrogen and oxygen atoms in total. The molecule has 3 N–H and O–H groups in total. The number of pyridine rings is 2. The van der Waals surface area contributed by atoms with E-state index in [1.54, 1.807) is 24.4 Å². The minimum atomic E-state index is -0.400. The summed E-state index contributed by atoms with van der Waals surface area (Å²) in [6, 6.07) is 8.86. The summed E-state index contributed by atoms with van der Waals surface area (Å²) in [4.78, 5) is 29.3. The lowest BCUT2D eigenvalue weighted by atomic mass is 10.2. The maximum Gasteiger partial charge on any atom is 0.320 e. The second-order valence-corrected chi connectivity index (χ2v) is 8.09. The second-order valence-electron chi connectivity index (χ2n) is 7.65. The van der Waals surface area contributed by atoms with Crippen LogP contribution in [0.25, 0.3) is 5.65 Å². The molecule has 4 aromatic heterocycles. The summed E-state index contributed by atoms with van der Waals surface area (Å²) in [5, 5.41) is 9.20. The highest BCUT2D eigenvalue weighted by atomic mass is 35.5. The van der Waals surface area contributed by atoms with Crippen LogP contribution < -0.4 is 16.0 Å². The molecule has 1 aliphatic carbocycles. The number of nitrogens with zero attached hydrogens (tertiary/aromatic N) is 5. The first kappa shape index (κ1) is 20.2. The van der Waals surface area contributed by atoms with Gasteiger partial charge in [0.25, 0.3) is 0 Å². The van der Waals surface area contributed by atoms with Crippen molar-refractivity contribution in [2.24, 2.45) is 0 Å². The SMILES string of the molecule is O=C(NCc1cc(Cl)ccn1)Nc1cc(NCc2cn3cc(C4CC4)ccc3n2)ncn1. The lowest BCUT2D eigenvalue weighted by Crippen LogP contribution is -2.29. The summed E-state index contributed by atoms with van der Waals surface area (Å²) in [7, 11) is 0. The van der Waals surface area contributed by atoms with Crippen LogP contribution in [-0.2, 0) is 13.1 Å². The van der Waals surface area contributed by atoms with Crippen molar-refractivity contribution in [3.05, 3.63) is 77.2 Å². The molecule has 1 saturated carbocycles. The Morgan fingerprint density at radius 1 is 1.03 bits per heavy atom. The van der Waals surface area contributed by atoms with Gasteiger partial charge in [-0.1, -0.05) is 17.7 Å². The van der Waals surface area contributed by atoms with Crippen LogP contribution in [0.4, 0.5) is 16.4 Å². The normalized spacial score (nSPS) is 13.2. The van der Waals surface area contributed by atoms with Gasteiger partial charge in [0.1, 0.15) is 23.6 Å². The van der Waals surface area contributed by atoms with E-state index >= 15 is 0 Å². The molecule has 162 valence electrons. The fraction of sp³-hybridized carbons (Fsp3) is 0.227. The van der Waals surface area contributed by atoms with Crippen LogP contribution in [0.3, 0.4) is 0 Å². The van der Waals surface area contributed by atoms with Crippen LogP contribution in [0, 0.1) is 0 Å². The second kappa shape index (κ2) is 8.80. The van der Waals surface area contributed by atoms with Crippen LogP contribution in [0.15, 0.2) is 55.2 Å². The average Bonchev–Trinajstić information content (AvgIpc) is 3.56. The number of carbonyl (C=O) groups excluding carboxylic acids is 1. The largest absolute Gasteiger partial charge is 0.364 e. The number of fused-ring (bicyclic) bond motifs is 1. The molecule has 1 aliphatic rings. The van der Waals surface area contributed by atoms with Crippen LogP contribution in [0.5, 0.6) is 0 Å². The van der Waals surface area contributed by atoms with E-state index < -0.39 is 6.03 Å². The molecule has 1 fully saturated rings. The molecular weight excluding hydrogens is 428 g/mol. The zero-order valence-corrected chi connectivity index (χ0v) is 17.9. The van der Waals surface area contributed by atoms with Crippen LogP contribution in [0.1, 0.15) is 35.7 Å². The molecule has 2 amide bonds. The number of urea groups is 1. The molecule has 0 radical (unpaired) electrons. The summed E-state index contributed by atoms with van der Waals surface area (Å²) in [6.07, 6.45) is 9.71. The van der Waals surface area contributed by atoms with Crippen molar-refractivity contribution in [1.29, 1.82) is 0 Å². The van der Waals surface area contributed by atoms with Crippen molar-refractivity contribution in [3.63, 3.8) is 0 Å². The topological polar surface area (TPSA) is 109 Å². The lowest BCUT2D eigenvalue weighted by molar-refractivity contribution is 0.251. The van der Waals surface area contributed by atoms with Crippen molar-refractivity contribution in [3.8, 4) is 0 Å². The number of hydrogen-bond donors (Lipinski definition) is 3. The van der Waals surface area contributed by atoms with E-state index in [1.165, 1.54) is 24.7 Å². The smallest absolute Gasteiger partial charge is 0.320 e. The van der Waals surface area contributed by atoms with Gasteiger partial charge in [0, 0.05) is 29.7 Å². The van der Waals surface area contributed by atoms with Crippen LogP contribution in [-0.4, -0.2) is 30.4 Å². The summed E-state index contributed by atoms with van der Waals surface area (Å²) in [6.45, 7) is 0.752. The van der Waals surface area contributed by atoms with E-state index in [2.05, 4.69) is 58.6 Å². The summed E-state index contributed by atoms with van der Waals surface area (Å²) in [5.41, 5.74) is 3.85. The van der Waals surface area contributed by atoms with E-state index in [-0.39, 0.29) is 6.54 Å². The van der Waals surface area contributed by atoms with Crippen LogP contribution >= 0.6 is 11.6 Å². The van der Waals surface area contributed by atoms with Gasteiger partial charge in [0.05, 0.1) is 24.5 Å². The molecule has 0 unspecified atom stereocenters. The molecule has 32 heavy (non-hydrogen) atoms. The van der Waals surface area contributed by atoms with Gasteiger partial charge in [-0.2, -0.15) is 0 Å². The molecule has 0 saturated heterocycles. The fourth-order valence-electron chi connectivity index (χ4n) is 3.39. The van der Waals surface area contributed by atoms with Crippen molar-refractivity contribution in [2.75, 3.05) is 10.6 Å². The van der Waals surface area contributed by atoms with Crippen LogP contribution in [0.2, 0.25) is 5.02 Å². The highest BCUT2D eigenvalue weighted by Gasteiger charge is 2.23. The Kier molecular flexibility index (Phi) is 5.55. The van der Waals surface area contributed by atoms with Gasteiger partial charge in [0.15, 0.2) is 0 Å². The standard InChI is InChI=1S/C22H21ClN8O/c23-16-5-6-24-17(7-16)9-26-22(32)30-20-8-19(27-13-28-20)25-10-18-12-31-11-15(14-1-2-14)3-4-21(31)29-18/h3-8,11-14H,1-2,9-10H2,(H3,25,26,27,28,30,32). The molecule has 0 bridgehead atoms. The predicted molar refractivity (Wildman–Crippen MR) is 122 cm³/mol. The number of amides is 2. The average molecular weight is 449 g/mol. The first-order valence-corrected chi connectivity index (χ1v) is 10.7. The van der Waals surface area contributed by atoms with E-state index in [4.69, 9.17) is 11.6 Å². The number of rotatable bonds is 7. The maximum atomic E-state index is 12.2. The summed E-state index contributed by atoms with van der Waals surface area (Å²) < 4.78 is 2.07. The molecule has 4 heterocycles. The fourth-order valence-corrected chi connectivity index (χ4v) is 3.57. The molecule has 0 aliphatic heterocycles. The number of nitrogens with one attached hydrogen (secondary N) is 3. The van der Waals surface area contributed by atoms with E-state index in [1.807, 2.05) is 6.20 Å². The number of hydrogen-bond acceptors (Lipinski definition) is 6. The van der Waals surface area contributed by atoms with Crippen molar-refractivity contribution in [2.45, 2.75) is 31.8 Å². The quantitative estimate of drug-likeness (QED) is 0.394. The Bertz CT molecular complexity index is 1270. The van der Waals surface area contributed by atoms with Gasteiger partial charge < -0.3 is 15.0 Å². The van der Waals surface area contributed by atoms with Crippen molar-refractivity contribution in [1.82, 2.24) is 29.7 Å². The Labute approximate surface area is 189 Å². The molecule has 4 aromatic rings. The Morgan fingerprint density at radius 3 is 2.75 bits per heavy atom. The third kappa shape index (κ3) is 4.94. The van der Waals surface area contributed by atoms with Gasteiger partial charge in [-0.15, -0.1) is 0 Å². The Hall–Kier alpha value is -3.72. The van der Waals surface area contributed by atoms with Gasteiger partial charge in [0.2, 0.25) is 0 Å². The zero-order chi connectivity index (χ0) is 21.9. The summed E-state index contributed by atoms with van der Waals surface area (Å²) >= 11 is 5.93. The lowest BCUT2D eigenvalue weighted by Gasteiger charge is -2.08. The maximum absolute atomic E-state index is 12.2. The highest BCUT2D eigenvalue weighted by Crippen LogP contribution is 2.39. The summed E-state index contributed by atoms with van der Waals surface area (Å²) in [5.74, 6) is 1.67. The monoisotopic (exact) mass is 448 g/mol. The Balaban J connectivity index is 1.17. The molecular formula is C22H21ClN8O. The highest BCUT2D eigenvalue weighted by molar-refractivity contribution is 6.30. The van der Waals surface area contributed by atoms with Gasteiger partial charge in [-0.05, 0) is 42.5 Å². The van der Waals surface area contributed by atoms with Gasteiger partial charge >= 0.3 is 6.03 Å². The van der Waals surface area contributed by atoms with E-state index in [9.17, 15) is 4.79 Å². The third-order valence-corrected chi connectivity index (χ3v) is 5.38. The zero-order valence-electron chi connectivity index (χ0n) is 17.1.